The highest BCUT2D eigenvalue weighted by Crippen LogP contribution is 2.09. The Bertz CT molecular complexity index is 420. The molecule has 6 heteroatoms. The fourth-order valence-corrected chi connectivity index (χ4v) is 1.23. The Morgan fingerprint density at radius 1 is 1.59 bits per heavy atom. The van der Waals surface area contributed by atoms with E-state index in [1.807, 2.05) is 0 Å². The molecule has 0 aliphatic heterocycles. The predicted molar refractivity (Wildman–Crippen MR) is 62.5 cm³/mol. The number of aromatic nitrogens is 1. The minimum atomic E-state index is -0.613. The van der Waals surface area contributed by atoms with E-state index in [1.165, 1.54) is 12.3 Å². The number of carbonyl (C=O) groups is 2. The van der Waals surface area contributed by atoms with Gasteiger partial charge in [-0.25, -0.2) is 4.79 Å². The van der Waals surface area contributed by atoms with Crippen LogP contribution in [0, 0.1) is 0 Å². The molecule has 6 nitrogen and oxygen atoms in total. The van der Waals surface area contributed by atoms with E-state index >= 15 is 0 Å². The Morgan fingerprint density at radius 2 is 2.29 bits per heavy atom. The summed E-state index contributed by atoms with van der Waals surface area (Å²) in [5, 5.41) is 2.90. The number of anilines is 1. The molecule has 3 N–H and O–H groups in total. The number of pyridine rings is 1. The summed E-state index contributed by atoms with van der Waals surface area (Å²) in [7, 11) is 0. The summed E-state index contributed by atoms with van der Waals surface area (Å²) >= 11 is 0. The number of primary amides is 1. The lowest BCUT2D eigenvalue weighted by atomic mass is 10.2. The largest absolute Gasteiger partial charge is 0.464 e. The van der Waals surface area contributed by atoms with Gasteiger partial charge in [0.1, 0.15) is 11.7 Å². The molecular weight excluding hydrogens is 222 g/mol. The van der Waals surface area contributed by atoms with Crippen LogP contribution in [-0.2, 0) is 9.53 Å². The van der Waals surface area contributed by atoms with Gasteiger partial charge >= 0.3 is 5.97 Å². The normalized spacial score (nSPS) is 11.6. The molecular formula is C11H15N3O3. The molecule has 1 amide bonds. The maximum atomic E-state index is 11.4. The second-order valence-corrected chi connectivity index (χ2v) is 3.41. The number of carbonyl (C=O) groups excluding carboxylic acids is 2. The third-order valence-corrected chi connectivity index (χ3v) is 2.04. The van der Waals surface area contributed by atoms with E-state index in [0.717, 1.165) is 0 Å². The highest BCUT2D eigenvalue weighted by atomic mass is 16.5. The van der Waals surface area contributed by atoms with Crippen LogP contribution in [0.2, 0.25) is 0 Å². The second kappa shape index (κ2) is 5.83. The van der Waals surface area contributed by atoms with E-state index in [0.29, 0.717) is 12.3 Å². The summed E-state index contributed by atoms with van der Waals surface area (Å²) in [6.07, 6.45) is 1.44. The summed E-state index contributed by atoms with van der Waals surface area (Å²) in [6, 6.07) is 2.62. The smallest absolute Gasteiger partial charge is 0.328 e. The molecule has 1 aromatic rings. The van der Waals surface area contributed by atoms with Crippen LogP contribution in [0.25, 0.3) is 0 Å². The van der Waals surface area contributed by atoms with Crippen molar-refractivity contribution in [1.82, 2.24) is 4.98 Å². The van der Waals surface area contributed by atoms with Gasteiger partial charge in [0.25, 0.3) is 5.91 Å². The third kappa shape index (κ3) is 3.75. The van der Waals surface area contributed by atoms with Crippen LogP contribution in [0.5, 0.6) is 0 Å². The van der Waals surface area contributed by atoms with Gasteiger partial charge in [0.15, 0.2) is 0 Å². The van der Waals surface area contributed by atoms with E-state index in [2.05, 4.69) is 10.3 Å². The van der Waals surface area contributed by atoms with Crippen LogP contribution < -0.4 is 11.1 Å². The molecule has 0 saturated heterocycles. The van der Waals surface area contributed by atoms with Crippen molar-refractivity contribution in [3.8, 4) is 0 Å². The minimum Gasteiger partial charge on any atom is -0.464 e. The molecule has 1 aromatic heterocycles. The van der Waals surface area contributed by atoms with E-state index in [1.54, 1.807) is 19.9 Å². The molecule has 1 unspecified atom stereocenters. The number of rotatable bonds is 5. The molecule has 0 spiro atoms. The number of amides is 1. The van der Waals surface area contributed by atoms with Crippen LogP contribution in [0.1, 0.15) is 24.3 Å². The van der Waals surface area contributed by atoms with Gasteiger partial charge in [-0.2, -0.15) is 0 Å². The second-order valence-electron chi connectivity index (χ2n) is 3.41. The molecule has 1 rings (SSSR count). The van der Waals surface area contributed by atoms with Crippen molar-refractivity contribution in [2.24, 2.45) is 5.73 Å². The first-order chi connectivity index (χ1) is 8.04. The van der Waals surface area contributed by atoms with Crippen molar-refractivity contribution in [1.29, 1.82) is 0 Å². The molecule has 1 atom stereocenters. The van der Waals surface area contributed by atoms with Crippen molar-refractivity contribution in [2.45, 2.75) is 19.9 Å². The number of ether oxygens (including phenoxy) is 1. The first kappa shape index (κ1) is 13.0. The molecule has 0 saturated carbocycles. The Balaban J connectivity index is 2.71. The van der Waals surface area contributed by atoms with Crippen LogP contribution in [0.4, 0.5) is 5.69 Å². The number of hydrogen-bond donors (Lipinski definition) is 2. The number of hydrogen-bond acceptors (Lipinski definition) is 5. The molecule has 0 radical (unpaired) electrons. The van der Waals surface area contributed by atoms with E-state index in [4.69, 9.17) is 10.5 Å². The quantitative estimate of drug-likeness (QED) is 0.729. The Labute approximate surface area is 99.2 Å². The van der Waals surface area contributed by atoms with Gasteiger partial charge in [-0.1, -0.05) is 0 Å². The zero-order valence-corrected chi connectivity index (χ0v) is 9.77. The summed E-state index contributed by atoms with van der Waals surface area (Å²) < 4.78 is 4.84. The lowest BCUT2D eigenvalue weighted by molar-refractivity contribution is -0.143. The summed E-state index contributed by atoms with van der Waals surface area (Å²) in [5.41, 5.74) is 5.84. The minimum absolute atomic E-state index is 0.144. The third-order valence-electron chi connectivity index (χ3n) is 2.04. The van der Waals surface area contributed by atoms with E-state index < -0.39 is 11.9 Å². The van der Waals surface area contributed by atoms with Gasteiger partial charge in [-0.05, 0) is 26.0 Å². The maximum absolute atomic E-state index is 11.4. The molecule has 92 valence electrons. The lowest BCUT2D eigenvalue weighted by Gasteiger charge is -2.13. The van der Waals surface area contributed by atoms with Gasteiger partial charge in [-0.3, -0.25) is 9.78 Å². The number of nitrogens with two attached hydrogens (primary N) is 1. The molecule has 0 aliphatic carbocycles. The van der Waals surface area contributed by atoms with Crippen molar-refractivity contribution in [2.75, 3.05) is 11.9 Å². The average Bonchev–Trinajstić information content (AvgIpc) is 2.29. The zero-order chi connectivity index (χ0) is 12.8. The monoisotopic (exact) mass is 237 g/mol. The Morgan fingerprint density at radius 3 is 2.88 bits per heavy atom. The standard InChI is InChI=1S/C11H15N3O3/c1-3-17-11(16)7(2)14-8-4-5-13-9(6-8)10(12)15/h4-7H,3H2,1-2H3,(H2,12,15)(H,13,14). The SMILES string of the molecule is CCOC(=O)C(C)Nc1ccnc(C(N)=O)c1. The fourth-order valence-electron chi connectivity index (χ4n) is 1.23. The van der Waals surface area contributed by atoms with Crippen molar-refractivity contribution < 1.29 is 14.3 Å². The summed E-state index contributed by atoms with van der Waals surface area (Å²) in [4.78, 5) is 26.1. The van der Waals surface area contributed by atoms with E-state index in [-0.39, 0.29) is 11.7 Å². The highest BCUT2D eigenvalue weighted by molar-refractivity contribution is 5.91. The average molecular weight is 237 g/mol. The molecule has 0 bridgehead atoms. The highest BCUT2D eigenvalue weighted by Gasteiger charge is 2.14. The van der Waals surface area contributed by atoms with E-state index in [9.17, 15) is 9.59 Å². The van der Waals surface area contributed by atoms with Crippen molar-refractivity contribution >= 4 is 17.6 Å². The van der Waals surface area contributed by atoms with Gasteiger partial charge in [0.2, 0.25) is 0 Å². The van der Waals surface area contributed by atoms with Gasteiger partial charge in [0.05, 0.1) is 6.61 Å². The number of esters is 1. The van der Waals surface area contributed by atoms with Crippen LogP contribution >= 0.6 is 0 Å². The molecule has 17 heavy (non-hydrogen) atoms. The van der Waals surface area contributed by atoms with Crippen LogP contribution in [-0.4, -0.2) is 29.5 Å². The first-order valence-corrected chi connectivity index (χ1v) is 5.23. The Kier molecular flexibility index (Phi) is 4.45. The topological polar surface area (TPSA) is 94.3 Å². The van der Waals surface area contributed by atoms with Crippen molar-refractivity contribution in [3.05, 3.63) is 24.0 Å². The predicted octanol–water partition coefficient (Wildman–Crippen LogP) is 0.544. The maximum Gasteiger partial charge on any atom is 0.328 e. The van der Waals surface area contributed by atoms with Gasteiger partial charge in [0, 0.05) is 11.9 Å². The van der Waals surface area contributed by atoms with Crippen LogP contribution in [0.3, 0.4) is 0 Å². The van der Waals surface area contributed by atoms with Crippen LogP contribution in [0.15, 0.2) is 18.3 Å². The zero-order valence-electron chi connectivity index (χ0n) is 9.77. The lowest BCUT2D eigenvalue weighted by Crippen LogP contribution is -2.28. The molecule has 0 fully saturated rings. The fraction of sp³-hybridized carbons (Fsp3) is 0.364. The van der Waals surface area contributed by atoms with Gasteiger partial charge < -0.3 is 15.8 Å². The number of nitrogens with zero attached hydrogens (tertiary/aromatic N) is 1. The number of nitrogens with one attached hydrogen (secondary N) is 1. The first-order valence-electron chi connectivity index (χ1n) is 5.23. The molecule has 0 aliphatic rings. The molecule has 1 heterocycles. The molecule has 0 aromatic carbocycles. The van der Waals surface area contributed by atoms with Crippen molar-refractivity contribution in [3.63, 3.8) is 0 Å². The summed E-state index contributed by atoms with van der Waals surface area (Å²) in [5.74, 6) is -0.970. The van der Waals surface area contributed by atoms with Gasteiger partial charge in [-0.15, -0.1) is 0 Å². The Hall–Kier alpha value is -2.11. The summed E-state index contributed by atoms with van der Waals surface area (Å²) in [6.45, 7) is 3.73.